The number of aromatic nitrogens is 2. The van der Waals surface area contributed by atoms with Gasteiger partial charge in [0.15, 0.2) is 0 Å². The average molecular weight is 719 g/mol. The highest BCUT2D eigenvalue weighted by atomic mass is 32.2. The van der Waals surface area contributed by atoms with E-state index in [-0.39, 0.29) is 41.4 Å². The molecule has 0 unspecified atom stereocenters. The maximum Gasteiger partial charge on any atom is 0.451 e. The van der Waals surface area contributed by atoms with Crippen molar-refractivity contribution in [1.29, 1.82) is 5.26 Å². The van der Waals surface area contributed by atoms with Crippen LogP contribution in [0.15, 0.2) is 39.9 Å². The molecule has 2 aliphatic rings. The fourth-order valence-corrected chi connectivity index (χ4v) is 6.61. The lowest BCUT2D eigenvalue weighted by Gasteiger charge is -2.34. The predicted octanol–water partition coefficient (Wildman–Crippen LogP) is 2.31. The number of halogens is 3. The number of amides is 1. The fraction of sp³-hybridized carbons (Fsp3) is 0.500. The van der Waals surface area contributed by atoms with Crippen molar-refractivity contribution >= 4 is 39.0 Å². The van der Waals surface area contributed by atoms with Gasteiger partial charge in [-0.05, 0) is 62.1 Å². The van der Waals surface area contributed by atoms with Gasteiger partial charge in [-0.25, -0.2) is 9.97 Å². The molecule has 0 radical (unpaired) electrons. The second kappa shape index (κ2) is 15.4. The van der Waals surface area contributed by atoms with Crippen molar-refractivity contribution in [1.82, 2.24) is 15.3 Å². The fourth-order valence-electron chi connectivity index (χ4n) is 6.25. The van der Waals surface area contributed by atoms with E-state index in [4.69, 9.17) is 9.81 Å². The van der Waals surface area contributed by atoms with Gasteiger partial charge in [-0.3, -0.25) is 18.9 Å². The molecule has 3 aromatic rings. The highest BCUT2D eigenvalue weighted by Gasteiger charge is 2.39. The number of rotatable bonds is 14. The van der Waals surface area contributed by atoms with E-state index in [1.54, 1.807) is 34.1 Å². The molecule has 1 atom stereocenters. The minimum Gasteiger partial charge on any atom is -0.380 e. The van der Waals surface area contributed by atoms with Crippen LogP contribution in [0, 0.1) is 17.2 Å². The lowest BCUT2D eigenvalue weighted by molar-refractivity contribution is -0.144. The minimum atomic E-state index is -4.80. The number of nitriles is 1. The summed E-state index contributed by atoms with van der Waals surface area (Å²) in [7, 11) is -4.24. The third-order valence-corrected chi connectivity index (χ3v) is 9.68. The van der Waals surface area contributed by atoms with E-state index in [0.29, 0.717) is 76.8 Å². The summed E-state index contributed by atoms with van der Waals surface area (Å²) in [5.74, 6) is -1.89. The molecule has 50 heavy (non-hydrogen) atoms. The van der Waals surface area contributed by atoms with Crippen molar-refractivity contribution in [2.24, 2.45) is 5.92 Å². The van der Waals surface area contributed by atoms with Gasteiger partial charge >= 0.3 is 6.18 Å². The highest BCUT2D eigenvalue weighted by Crippen LogP contribution is 2.34. The number of nitrogens with one attached hydrogen (secondary N) is 3. The summed E-state index contributed by atoms with van der Waals surface area (Å²) in [4.78, 5) is 48.1. The molecule has 1 aromatic heterocycles. The number of benzene rings is 1. The van der Waals surface area contributed by atoms with Crippen molar-refractivity contribution in [2.45, 2.75) is 50.7 Å². The van der Waals surface area contributed by atoms with E-state index >= 15 is 0 Å². The van der Waals surface area contributed by atoms with Gasteiger partial charge in [0.2, 0.25) is 11.7 Å². The van der Waals surface area contributed by atoms with Crippen molar-refractivity contribution in [2.75, 3.05) is 65.5 Å². The summed E-state index contributed by atoms with van der Waals surface area (Å²) >= 11 is 0. The number of hydrogen-bond donors (Lipinski definition) is 4. The zero-order valence-electron chi connectivity index (χ0n) is 27.0. The molecule has 0 spiro atoms. The third kappa shape index (κ3) is 9.07. The van der Waals surface area contributed by atoms with E-state index in [2.05, 4.69) is 32.0 Å². The van der Waals surface area contributed by atoms with Crippen LogP contribution in [-0.4, -0.2) is 79.9 Å². The summed E-state index contributed by atoms with van der Waals surface area (Å²) in [5.41, 5.74) is -0.0226. The van der Waals surface area contributed by atoms with E-state index < -0.39 is 44.8 Å². The highest BCUT2D eigenvalue weighted by molar-refractivity contribution is 7.85. The Morgan fingerprint density at radius 3 is 2.22 bits per heavy atom. The van der Waals surface area contributed by atoms with Gasteiger partial charge in [-0.15, -0.1) is 0 Å². The zero-order valence-corrected chi connectivity index (χ0v) is 27.8. The Morgan fingerprint density at radius 2 is 1.60 bits per heavy atom. The summed E-state index contributed by atoms with van der Waals surface area (Å²) in [5, 5.41) is 17.3. The molecule has 0 aliphatic carbocycles. The molecule has 2 fully saturated rings. The third-order valence-electron chi connectivity index (χ3n) is 8.96. The van der Waals surface area contributed by atoms with Crippen LogP contribution in [0.4, 0.5) is 36.2 Å². The van der Waals surface area contributed by atoms with Crippen LogP contribution in [0.5, 0.6) is 0 Å². The van der Waals surface area contributed by atoms with Crippen LogP contribution in [0.2, 0.25) is 0 Å². The summed E-state index contributed by atoms with van der Waals surface area (Å²) < 4.78 is 72.6. The first-order valence-electron chi connectivity index (χ1n) is 16.2. The number of alkyl halides is 3. The van der Waals surface area contributed by atoms with Gasteiger partial charge in [0.25, 0.3) is 21.0 Å². The largest absolute Gasteiger partial charge is 0.451 e. The van der Waals surface area contributed by atoms with Crippen LogP contribution in [-0.2, 0) is 27.5 Å². The monoisotopic (exact) mass is 718 g/mol. The number of piperidine rings is 1. The lowest BCUT2D eigenvalue weighted by Crippen LogP contribution is -2.44. The number of carbonyl (C=O) groups is 1. The molecule has 2 aromatic carbocycles. The molecular weight excluding hydrogens is 681 g/mol. The first-order valence-corrected chi connectivity index (χ1v) is 17.8. The summed E-state index contributed by atoms with van der Waals surface area (Å²) in [6.07, 6.45) is -1.35. The maximum atomic E-state index is 14.0. The second-order valence-electron chi connectivity index (χ2n) is 12.4. The van der Waals surface area contributed by atoms with Crippen molar-refractivity contribution in [3.63, 3.8) is 0 Å². The standard InChI is InChI=1S/C32H37F3N8O6S/c33-32(34,35)31-40-24(18-25(41-31)43-14-1-2-23(43)30(46)39-12-8-20-3-5-22(19-36)6-4-20)42-15-9-21(10-16-42)7-11-37-26-27(29(45)28(26)44)38-13-17-50(47,48)49/h3-6,18,21,23,37-38H,1-2,7-17H2,(H,39,46)(H,47,48,49)/t23-/m0/s1. The Kier molecular flexibility index (Phi) is 11.3. The first-order chi connectivity index (χ1) is 23.7. The maximum absolute atomic E-state index is 14.0. The average Bonchev–Trinajstić information content (AvgIpc) is 3.59. The second-order valence-corrected chi connectivity index (χ2v) is 13.9. The SMILES string of the molecule is N#Cc1ccc(CCNC(=O)[C@@H]2CCCN2c2cc(N3CCC(CCNc4c(NCCS(=O)(=O)O)c(=O)c4=O)CC3)nc(C(F)(F)F)n2)cc1. The molecule has 3 heterocycles. The van der Waals surface area contributed by atoms with Gasteiger partial charge in [-0.1, -0.05) is 12.1 Å². The van der Waals surface area contributed by atoms with Crippen LogP contribution < -0.4 is 36.6 Å². The Hall–Kier alpha value is -4.76. The van der Waals surface area contributed by atoms with Crippen LogP contribution in [0.25, 0.3) is 0 Å². The lowest BCUT2D eigenvalue weighted by atomic mass is 9.93. The molecule has 1 amide bonds. The van der Waals surface area contributed by atoms with Crippen molar-refractivity contribution in [3.8, 4) is 6.07 Å². The Balaban J connectivity index is 1.17. The number of nitrogens with zero attached hydrogens (tertiary/aromatic N) is 5. The van der Waals surface area contributed by atoms with E-state index in [9.17, 15) is 36.0 Å². The van der Waals surface area contributed by atoms with Crippen molar-refractivity contribution < 1.29 is 30.9 Å². The Labute approximate surface area is 286 Å². The van der Waals surface area contributed by atoms with Gasteiger partial charge in [0.1, 0.15) is 29.1 Å². The minimum absolute atomic E-state index is 0.0330. The topological polar surface area (TPSA) is 198 Å². The number of anilines is 4. The smallest absolute Gasteiger partial charge is 0.380 e. The molecule has 2 saturated heterocycles. The van der Waals surface area contributed by atoms with E-state index in [1.165, 1.54) is 6.07 Å². The van der Waals surface area contributed by atoms with Crippen LogP contribution in [0.1, 0.15) is 49.1 Å². The Bertz CT molecular complexity index is 1900. The van der Waals surface area contributed by atoms with Crippen molar-refractivity contribution in [3.05, 3.63) is 67.7 Å². The molecule has 5 rings (SSSR count). The first kappa shape index (κ1) is 36.5. The molecule has 18 heteroatoms. The molecule has 2 aliphatic heterocycles. The molecule has 268 valence electrons. The van der Waals surface area contributed by atoms with Gasteiger partial charge in [0.05, 0.1) is 17.4 Å². The van der Waals surface area contributed by atoms with Crippen LogP contribution in [0.3, 0.4) is 0 Å². The van der Waals surface area contributed by atoms with E-state index in [0.717, 1.165) is 5.56 Å². The van der Waals surface area contributed by atoms with Gasteiger partial charge in [-0.2, -0.15) is 26.9 Å². The normalized spacial score (nSPS) is 17.1. The van der Waals surface area contributed by atoms with Gasteiger partial charge in [0, 0.05) is 45.3 Å². The molecule has 0 bridgehead atoms. The van der Waals surface area contributed by atoms with Crippen LogP contribution >= 0.6 is 0 Å². The summed E-state index contributed by atoms with van der Waals surface area (Å²) in [6.45, 7) is 1.61. The quantitative estimate of drug-likeness (QED) is 0.140. The summed E-state index contributed by atoms with van der Waals surface area (Å²) in [6, 6.07) is 9.86. The van der Waals surface area contributed by atoms with Gasteiger partial charge < -0.3 is 25.8 Å². The Morgan fingerprint density at radius 1 is 0.960 bits per heavy atom. The predicted molar refractivity (Wildman–Crippen MR) is 180 cm³/mol. The van der Waals surface area contributed by atoms with E-state index in [1.807, 2.05) is 0 Å². The molecule has 4 N–H and O–H groups in total. The molecule has 0 saturated carbocycles. The molecular formula is C32H37F3N8O6S. The number of carbonyl (C=O) groups excluding carboxylic acids is 1. The molecule has 14 nitrogen and oxygen atoms in total. The zero-order chi connectivity index (χ0) is 36.1. The number of hydrogen-bond acceptors (Lipinski definition) is 12.